The highest BCUT2D eigenvalue weighted by Gasteiger charge is 2.56. The van der Waals surface area contributed by atoms with Crippen molar-refractivity contribution in [1.29, 1.82) is 0 Å². The van der Waals surface area contributed by atoms with Crippen molar-refractivity contribution in [2.45, 2.75) is 64.4 Å². The summed E-state index contributed by atoms with van der Waals surface area (Å²) < 4.78 is 0. The molecule has 22 heavy (non-hydrogen) atoms. The fraction of sp³-hybridized carbons (Fsp3) is 0.700. The molecule has 0 radical (unpaired) electrons. The number of fused-ring (bicyclic) bond motifs is 5. The summed E-state index contributed by atoms with van der Waals surface area (Å²) in [6.45, 7) is 4.65. The second kappa shape index (κ2) is 4.99. The Hall–Kier alpha value is -1.02. The molecule has 6 atom stereocenters. The normalized spacial score (nSPS) is 43.3. The van der Waals surface area contributed by atoms with E-state index in [1.807, 2.05) is 12.1 Å². The van der Waals surface area contributed by atoms with E-state index < -0.39 is 0 Å². The Labute approximate surface area is 133 Å². The summed E-state index contributed by atoms with van der Waals surface area (Å²) >= 11 is 0. The molecule has 2 heteroatoms. The molecule has 0 heterocycles. The molecule has 0 aliphatic heterocycles. The third-order valence-electron chi connectivity index (χ3n) is 7.36. The fourth-order valence-electron chi connectivity index (χ4n) is 6.15. The zero-order chi connectivity index (χ0) is 15.5. The van der Waals surface area contributed by atoms with Crippen molar-refractivity contribution in [3.8, 4) is 5.75 Å². The van der Waals surface area contributed by atoms with Gasteiger partial charge < -0.3 is 10.2 Å². The molecule has 0 spiro atoms. The highest BCUT2D eigenvalue weighted by molar-refractivity contribution is 5.40. The number of hydrogen-bond acceptors (Lipinski definition) is 2. The molecule has 2 nitrogen and oxygen atoms in total. The van der Waals surface area contributed by atoms with Gasteiger partial charge in [0.1, 0.15) is 5.75 Å². The lowest BCUT2D eigenvalue weighted by Crippen LogP contribution is -2.47. The molecular weight excluding hydrogens is 272 g/mol. The van der Waals surface area contributed by atoms with Crippen molar-refractivity contribution >= 4 is 0 Å². The van der Waals surface area contributed by atoms with Crippen LogP contribution in [-0.2, 0) is 6.42 Å². The number of aliphatic hydroxyl groups excluding tert-OH is 1. The van der Waals surface area contributed by atoms with E-state index in [4.69, 9.17) is 0 Å². The van der Waals surface area contributed by atoms with Crippen LogP contribution in [0.5, 0.6) is 5.75 Å². The SMILES string of the molecule is CC[C@@H]1Cc2cc(O)ccc2C2CC[C@@]3(C)C(CC[C@@H]3O)C21. The molecular formula is C20H28O2. The lowest BCUT2D eigenvalue weighted by atomic mass is 9.52. The van der Waals surface area contributed by atoms with Crippen molar-refractivity contribution < 1.29 is 10.2 Å². The van der Waals surface area contributed by atoms with Gasteiger partial charge in [-0.25, -0.2) is 0 Å². The van der Waals surface area contributed by atoms with Gasteiger partial charge in [-0.05, 0) is 84.5 Å². The van der Waals surface area contributed by atoms with Crippen LogP contribution in [0.15, 0.2) is 18.2 Å². The zero-order valence-electron chi connectivity index (χ0n) is 13.8. The molecule has 0 saturated heterocycles. The molecule has 1 aromatic rings. The zero-order valence-corrected chi connectivity index (χ0v) is 13.8. The summed E-state index contributed by atoms with van der Waals surface area (Å²) in [5.74, 6) is 3.14. The Balaban J connectivity index is 1.77. The fourth-order valence-corrected chi connectivity index (χ4v) is 6.15. The Bertz CT molecular complexity index is 581. The van der Waals surface area contributed by atoms with Crippen LogP contribution in [0.3, 0.4) is 0 Å². The Morgan fingerprint density at radius 2 is 2.05 bits per heavy atom. The first-order chi connectivity index (χ1) is 10.5. The van der Waals surface area contributed by atoms with E-state index in [1.54, 1.807) is 0 Å². The van der Waals surface area contributed by atoms with E-state index in [0.717, 1.165) is 25.2 Å². The van der Waals surface area contributed by atoms with E-state index in [0.29, 0.717) is 23.5 Å². The van der Waals surface area contributed by atoms with E-state index >= 15 is 0 Å². The van der Waals surface area contributed by atoms with Crippen LogP contribution in [0, 0.1) is 23.2 Å². The van der Waals surface area contributed by atoms with Gasteiger partial charge in [-0.3, -0.25) is 0 Å². The first kappa shape index (κ1) is 14.6. The molecule has 4 rings (SSSR count). The molecule has 120 valence electrons. The van der Waals surface area contributed by atoms with Crippen molar-refractivity contribution in [1.82, 2.24) is 0 Å². The molecule has 0 bridgehead atoms. The van der Waals surface area contributed by atoms with Crippen molar-refractivity contribution in [3.63, 3.8) is 0 Å². The Morgan fingerprint density at radius 3 is 2.82 bits per heavy atom. The molecule has 3 aliphatic carbocycles. The third kappa shape index (κ3) is 1.89. The molecule has 0 amide bonds. The van der Waals surface area contributed by atoms with Crippen LogP contribution in [0.1, 0.15) is 63.0 Å². The van der Waals surface area contributed by atoms with Crippen LogP contribution in [0.2, 0.25) is 0 Å². The predicted octanol–water partition coefficient (Wildman–Crippen LogP) is 4.25. The Kier molecular flexibility index (Phi) is 3.30. The lowest BCUT2D eigenvalue weighted by Gasteiger charge is -2.53. The number of aliphatic hydroxyl groups is 1. The Morgan fingerprint density at radius 1 is 1.23 bits per heavy atom. The van der Waals surface area contributed by atoms with Gasteiger partial charge >= 0.3 is 0 Å². The van der Waals surface area contributed by atoms with Crippen molar-refractivity contribution in [2.75, 3.05) is 0 Å². The quantitative estimate of drug-likeness (QED) is 0.814. The number of benzene rings is 1. The largest absolute Gasteiger partial charge is 0.508 e. The van der Waals surface area contributed by atoms with Crippen molar-refractivity contribution in [3.05, 3.63) is 29.3 Å². The van der Waals surface area contributed by atoms with Crippen LogP contribution < -0.4 is 0 Å². The first-order valence-corrected chi connectivity index (χ1v) is 9.04. The van der Waals surface area contributed by atoms with Gasteiger partial charge in [0.2, 0.25) is 0 Å². The van der Waals surface area contributed by atoms with Gasteiger partial charge in [0.15, 0.2) is 0 Å². The molecule has 3 aliphatic rings. The molecule has 3 unspecified atom stereocenters. The van der Waals surface area contributed by atoms with E-state index in [9.17, 15) is 10.2 Å². The molecule has 2 N–H and O–H groups in total. The van der Waals surface area contributed by atoms with Gasteiger partial charge in [0.25, 0.3) is 0 Å². The molecule has 1 aromatic carbocycles. The maximum Gasteiger partial charge on any atom is 0.115 e. The summed E-state index contributed by atoms with van der Waals surface area (Å²) in [6, 6.07) is 6.02. The molecule has 0 aromatic heterocycles. The number of rotatable bonds is 1. The van der Waals surface area contributed by atoms with Crippen LogP contribution >= 0.6 is 0 Å². The topological polar surface area (TPSA) is 40.5 Å². The van der Waals surface area contributed by atoms with Gasteiger partial charge in [0, 0.05) is 0 Å². The third-order valence-corrected chi connectivity index (χ3v) is 7.36. The maximum absolute atomic E-state index is 10.5. The molecule has 2 saturated carbocycles. The number of phenolic OH excluding ortho intramolecular Hbond substituents is 1. The van der Waals surface area contributed by atoms with Crippen LogP contribution in [0.4, 0.5) is 0 Å². The lowest BCUT2D eigenvalue weighted by molar-refractivity contribution is -0.0386. The summed E-state index contributed by atoms with van der Waals surface area (Å²) in [5.41, 5.74) is 2.99. The average molecular weight is 300 g/mol. The highest BCUT2D eigenvalue weighted by atomic mass is 16.3. The maximum atomic E-state index is 10.5. The molecule has 2 fully saturated rings. The van der Waals surface area contributed by atoms with Crippen LogP contribution in [0.25, 0.3) is 0 Å². The van der Waals surface area contributed by atoms with Crippen molar-refractivity contribution in [2.24, 2.45) is 23.2 Å². The van der Waals surface area contributed by atoms with E-state index in [-0.39, 0.29) is 11.5 Å². The highest BCUT2D eigenvalue weighted by Crippen LogP contribution is 2.62. The van der Waals surface area contributed by atoms with Gasteiger partial charge in [-0.2, -0.15) is 0 Å². The monoisotopic (exact) mass is 300 g/mol. The number of aromatic hydroxyl groups is 1. The summed E-state index contributed by atoms with van der Waals surface area (Å²) in [6.07, 6.45) is 6.74. The van der Waals surface area contributed by atoms with Gasteiger partial charge in [-0.15, -0.1) is 0 Å². The summed E-state index contributed by atoms with van der Waals surface area (Å²) in [7, 11) is 0. The summed E-state index contributed by atoms with van der Waals surface area (Å²) in [5, 5.41) is 20.4. The smallest absolute Gasteiger partial charge is 0.115 e. The van der Waals surface area contributed by atoms with E-state index in [1.165, 1.54) is 30.4 Å². The van der Waals surface area contributed by atoms with Crippen LogP contribution in [-0.4, -0.2) is 16.3 Å². The minimum absolute atomic E-state index is 0.0998. The minimum Gasteiger partial charge on any atom is -0.508 e. The predicted molar refractivity (Wildman–Crippen MR) is 87.9 cm³/mol. The summed E-state index contributed by atoms with van der Waals surface area (Å²) in [4.78, 5) is 0. The number of hydrogen-bond donors (Lipinski definition) is 2. The minimum atomic E-state index is -0.0998. The first-order valence-electron chi connectivity index (χ1n) is 9.04. The standard InChI is InChI=1S/C20H28O2/c1-3-12-10-13-11-14(21)4-5-15(13)16-8-9-20(2)17(19(12)16)6-7-18(20)22/h4-5,11-12,16-19,21-22H,3,6-10H2,1-2H3/t12-,16?,17?,18+,19?,20+/m1/s1. The average Bonchev–Trinajstić information content (AvgIpc) is 2.81. The van der Waals surface area contributed by atoms with E-state index in [2.05, 4.69) is 19.9 Å². The van der Waals surface area contributed by atoms with Gasteiger partial charge in [-0.1, -0.05) is 26.3 Å². The second-order valence-electron chi connectivity index (χ2n) is 8.18. The van der Waals surface area contributed by atoms with Gasteiger partial charge in [0.05, 0.1) is 6.10 Å². The second-order valence-corrected chi connectivity index (χ2v) is 8.18. The number of phenols is 1.